The standard InChI is InChI=1S/C23H30ClNO5/c1-5-29-22(28)23(3,4)30-20-11-6-16(14-19(20)24)12-13-25-15(2)21(27)17-7-9-18(26)10-8-17/h6-11,14-15,21,25-27H,5,12-13H2,1-4H3/t15-,21+/m1/s1. The van der Waals surface area contributed by atoms with E-state index >= 15 is 0 Å². The topological polar surface area (TPSA) is 88.0 Å². The average Bonchev–Trinajstić information content (AvgIpc) is 2.70. The van der Waals surface area contributed by atoms with Crippen LogP contribution in [-0.2, 0) is 16.0 Å². The lowest BCUT2D eigenvalue weighted by molar-refractivity contribution is -0.158. The number of carbonyl (C=O) groups excluding carboxylic acids is 1. The molecule has 0 aliphatic heterocycles. The third kappa shape index (κ3) is 6.62. The number of aliphatic hydroxyl groups excluding tert-OH is 1. The Morgan fingerprint density at radius 1 is 1.20 bits per heavy atom. The number of nitrogens with one attached hydrogen (secondary N) is 1. The van der Waals surface area contributed by atoms with E-state index in [4.69, 9.17) is 21.1 Å². The quantitative estimate of drug-likeness (QED) is 0.488. The second-order valence-electron chi connectivity index (χ2n) is 7.63. The first-order valence-corrected chi connectivity index (χ1v) is 10.4. The van der Waals surface area contributed by atoms with Gasteiger partial charge in [0.05, 0.1) is 17.7 Å². The van der Waals surface area contributed by atoms with Crippen LogP contribution in [0.15, 0.2) is 42.5 Å². The van der Waals surface area contributed by atoms with E-state index in [2.05, 4.69) is 5.32 Å². The highest BCUT2D eigenvalue weighted by Crippen LogP contribution is 2.29. The summed E-state index contributed by atoms with van der Waals surface area (Å²) in [7, 11) is 0. The van der Waals surface area contributed by atoms with Crippen molar-refractivity contribution >= 4 is 17.6 Å². The molecule has 0 spiro atoms. The van der Waals surface area contributed by atoms with E-state index in [0.29, 0.717) is 23.7 Å². The van der Waals surface area contributed by atoms with Crippen LogP contribution >= 0.6 is 11.6 Å². The fourth-order valence-electron chi connectivity index (χ4n) is 2.92. The number of esters is 1. The molecule has 2 aromatic carbocycles. The number of aromatic hydroxyl groups is 1. The second kappa shape index (κ2) is 10.7. The van der Waals surface area contributed by atoms with E-state index in [1.165, 1.54) is 0 Å². The third-order valence-electron chi connectivity index (χ3n) is 4.72. The van der Waals surface area contributed by atoms with Crippen molar-refractivity contribution in [1.29, 1.82) is 0 Å². The van der Waals surface area contributed by atoms with Gasteiger partial charge in [-0.25, -0.2) is 4.79 Å². The number of rotatable bonds is 10. The van der Waals surface area contributed by atoms with Crippen LogP contribution in [0.4, 0.5) is 0 Å². The molecule has 0 amide bonds. The molecule has 0 heterocycles. The van der Waals surface area contributed by atoms with Crippen LogP contribution in [0.25, 0.3) is 0 Å². The lowest BCUT2D eigenvalue weighted by Crippen LogP contribution is -2.39. The van der Waals surface area contributed by atoms with Gasteiger partial charge in [-0.15, -0.1) is 0 Å². The number of phenols is 1. The number of aliphatic hydroxyl groups is 1. The largest absolute Gasteiger partial charge is 0.508 e. The van der Waals surface area contributed by atoms with Gasteiger partial charge >= 0.3 is 5.97 Å². The SMILES string of the molecule is CCOC(=O)C(C)(C)Oc1ccc(CCN[C@H](C)[C@H](O)c2ccc(O)cc2)cc1Cl. The maximum atomic E-state index is 12.0. The van der Waals surface area contributed by atoms with Crippen LogP contribution in [0.1, 0.15) is 44.9 Å². The number of carbonyl (C=O) groups is 1. The molecular formula is C23H30ClNO5. The molecule has 30 heavy (non-hydrogen) atoms. The minimum Gasteiger partial charge on any atom is -0.508 e. The van der Waals surface area contributed by atoms with E-state index < -0.39 is 17.7 Å². The zero-order chi connectivity index (χ0) is 22.3. The molecule has 0 bridgehead atoms. The molecule has 2 aromatic rings. The molecule has 0 fully saturated rings. The Hall–Kier alpha value is -2.28. The summed E-state index contributed by atoms with van der Waals surface area (Å²) in [6.07, 6.45) is 0.0172. The first-order valence-electron chi connectivity index (χ1n) is 9.99. The lowest BCUT2D eigenvalue weighted by Gasteiger charge is -2.25. The van der Waals surface area contributed by atoms with Crippen molar-refractivity contribution in [3.8, 4) is 11.5 Å². The van der Waals surface area contributed by atoms with Gasteiger partial charge < -0.3 is 25.0 Å². The molecule has 0 aliphatic carbocycles. The third-order valence-corrected chi connectivity index (χ3v) is 5.01. The number of ether oxygens (including phenoxy) is 2. The van der Waals surface area contributed by atoms with Gasteiger partial charge in [0.2, 0.25) is 0 Å². The summed E-state index contributed by atoms with van der Waals surface area (Å²) in [6, 6.07) is 11.8. The number of benzene rings is 2. The Kier molecular flexibility index (Phi) is 8.53. The Labute approximate surface area is 182 Å². The van der Waals surface area contributed by atoms with Crippen molar-refractivity contribution in [2.24, 2.45) is 0 Å². The molecule has 0 radical (unpaired) electrons. The summed E-state index contributed by atoms with van der Waals surface area (Å²) in [5, 5.41) is 23.5. The maximum Gasteiger partial charge on any atom is 0.349 e. The van der Waals surface area contributed by atoms with Crippen LogP contribution < -0.4 is 10.1 Å². The van der Waals surface area contributed by atoms with Gasteiger partial charge in [-0.1, -0.05) is 29.8 Å². The zero-order valence-corrected chi connectivity index (χ0v) is 18.6. The molecule has 0 aliphatic rings. The van der Waals surface area contributed by atoms with Gasteiger partial charge in [0.1, 0.15) is 11.5 Å². The van der Waals surface area contributed by atoms with E-state index in [9.17, 15) is 15.0 Å². The van der Waals surface area contributed by atoms with Crippen LogP contribution in [-0.4, -0.2) is 41.0 Å². The van der Waals surface area contributed by atoms with E-state index in [1.54, 1.807) is 57.2 Å². The van der Waals surface area contributed by atoms with Gasteiger partial charge in [-0.3, -0.25) is 0 Å². The molecule has 2 atom stereocenters. The van der Waals surface area contributed by atoms with Crippen molar-refractivity contribution in [3.05, 3.63) is 58.6 Å². The van der Waals surface area contributed by atoms with Crippen molar-refractivity contribution < 1.29 is 24.5 Å². The highest BCUT2D eigenvalue weighted by Gasteiger charge is 2.32. The van der Waals surface area contributed by atoms with Crippen LogP contribution in [0.5, 0.6) is 11.5 Å². The Balaban J connectivity index is 1.90. The fourth-order valence-corrected chi connectivity index (χ4v) is 3.16. The summed E-state index contributed by atoms with van der Waals surface area (Å²) < 4.78 is 10.8. The summed E-state index contributed by atoms with van der Waals surface area (Å²) in [5.74, 6) is 0.138. The van der Waals surface area contributed by atoms with Crippen LogP contribution in [0.3, 0.4) is 0 Å². The molecule has 0 unspecified atom stereocenters. The van der Waals surface area contributed by atoms with Crippen LogP contribution in [0, 0.1) is 0 Å². The minimum absolute atomic E-state index is 0.168. The van der Waals surface area contributed by atoms with E-state index in [0.717, 1.165) is 11.1 Å². The zero-order valence-electron chi connectivity index (χ0n) is 17.8. The highest BCUT2D eigenvalue weighted by molar-refractivity contribution is 6.32. The summed E-state index contributed by atoms with van der Waals surface area (Å²) in [6.45, 7) is 7.85. The second-order valence-corrected chi connectivity index (χ2v) is 8.03. The van der Waals surface area contributed by atoms with Crippen molar-refractivity contribution in [2.45, 2.75) is 51.9 Å². The molecule has 0 saturated heterocycles. The number of hydrogen-bond donors (Lipinski definition) is 3. The Bertz CT molecular complexity index is 838. The highest BCUT2D eigenvalue weighted by atomic mass is 35.5. The Morgan fingerprint density at radius 3 is 2.47 bits per heavy atom. The lowest BCUT2D eigenvalue weighted by atomic mass is 10.0. The smallest absolute Gasteiger partial charge is 0.349 e. The van der Waals surface area contributed by atoms with Crippen molar-refractivity contribution in [2.75, 3.05) is 13.2 Å². The molecule has 3 N–H and O–H groups in total. The predicted octanol–water partition coefficient (Wildman–Crippen LogP) is 4.02. The summed E-state index contributed by atoms with van der Waals surface area (Å²) in [4.78, 5) is 12.0. The molecular weight excluding hydrogens is 406 g/mol. The summed E-state index contributed by atoms with van der Waals surface area (Å²) in [5.41, 5.74) is 0.601. The van der Waals surface area contributed by atoms with Gasteiger partial charge in [0.15, 0.2) is 5.60 Å². The van der Waals surface area contributed by atoms with Crippen LogP contribution in [0.2, 0.25) is 5.02 Å². The normalized spacial score (nSPS) is 13.5. The number of hydrogen-bond acceptors (Lipinski definition) is 6. The summed E-state index contributed by atoms with van der Waals surface area (Å²) >= 11 is 6.34. The number of phenolic OH excluding ortho intramolecular Hbond substituents is 1. The molecule has 164 valence electrons. The monoisotopic (exact) mass is 435 g/mol. The minimum atomic E-state index is -1.14. The first kappa shape index (κ1) is 24.0. The molecule has 0 saturated carbocycles. The molecule has 6 nitrogen and oxygen atoms in total. The first-order chi connectivity index (χ1) is 14.1. The van der Waals surface area contributed by atoms with Crippen molar-refractivity contribution in [1.82, 2.24) is 5.32 Å². The average molecular weight is 436 g/mol. The molecule has 7 heteroatoms. The fraction of sp³-hybridized carbons (Fsp3) is 0.435. The Morgan fingerprint density at radius 2 is 1.87 bits per heavy atom. The van der Waals surface area contributed by atoms with Crippen molar-refractivity contribution in [3.63, 3.8) is 0 Å². The van der Waals surface area contributed by atoms with E-state index in [1.807, 2.05) is 13.0 Å². The predicted molar refractivity (Wildman–Crippen MR) is 117 cm³/mol. The van der Waals surface area contributed by atoms with Gasteiger partial charge in [-0.05, 0) is 76.1 Å². The van der Waals surface area contributed by atoms with Gasteiger partial charge in [0, 0.05) is 6.04 Å². The molecule has 2 rings (SSSR count). The molecule has 0 aromatic heterocycles. The maximum absolute atomic E-state index is 12.0. The van der Waals surface area contributed by atoms with E-state index in [-0.39, 0.29) is 18.4 Å². The van der Waals surface area contributed by atoms with Gasteiger partial charge in [0.25, 0.3) is 0 Å². The number of halogens is 1. The van der Waals surface area contributed by atoms with Gasteiger partial charge in [-0.2, -0.15) is 0 Å².